The Hall–Kier alpha value is 0.340. The molecule has 2 N–H and O–H groups in total. The Morgan fingerprint density at radius 3 is 1.58 bits per heavy atom. The normalized spacial score (nSPS) is 22.8. The summed E-state index contributed by atoms with van der Waals surface area (Å²) < 4.78 is 26.1. The lowest BCUT2D eigenvalue weighted by Crippen LogP contribution is -2.15. The van der Waals surface area contributed by atoms with Crippen LogP contribution in [0.1, 0.15) is 20.8 Å². The molecule has 2 atom stereocenters. The molecule has 0 amide bonds. The van der Waals surface area contributed by atoms with E-state index >= 15 is 0 Å². The Labute approximate surface area is 71.8 Å². The van der Waals surface area contributed by atoms with Crippen molar-refractivity contribution >= 4 is 15.2 Å². The van der Waals surface area contributed by atoms with Gasteiger partial charge >= 0.3 is 15.2 Å². The summed E-state index contributed by atoms with van der Waals surface area (Å²) in [7, 11) is -7.91. The Bertz CT molecular complexity index is 247. The molecule has 7 heteroatoms. The maximum atomic E-state index is 11.3. The minimum Gasteiger partial charge on any atom is -0.324 e. The van der Waals surface area contributed by atoms with E-state index in [1.165, 1.54) is 20.8 Å². The largest absolute Gasteiger partial charge is 0.340 e. The molecule has 0 saturated carbocycles. The Balaban J connectivity index is 4.69. The highest BCUT2D eigenvalue weighted by Gasteiger charge is 2.40. The van der Waals surface area contributed by atoms with Crippen LogP contribution in [-0.4, -0.2) is 21.6 Å². The van der Waals surface area contributed by atoms with Crippen LogP contribution in [0, 0.1) is 0 Å². The molecule has 0 spiro atoms. The predicted octanol–water partition coefficient (Wildman–Crippen LogP) is 1.80. The van der Waals surface area contributed by atoms with Crippen molar-refractivity contribution in [2.45, 2.75) is 25.9 Å². The first-order valence-electron chi connectivity index (χ1n) is 3.30. The van der Waals surface area contributed by atoms with E-state index in [0.29, 0.717) is 0 Å². The molecule has 0 radical (unpaired) electrons. The Kier molecular flexibility index (Phi) is 3.33. The van der Waals surface area contributed by atoms with Gasteiger partial charge in [-0.25, -0.2) is 4.31 Å². The average Bonchev–Trinajstić information content (AvgIpc) is 1.52. The summed E-state index contributed by atoms with van der Waals surface area (Å²) >= 11 is 0. The van der Waals surface area contributed by atoms with Crippen molar-refractivity contribution in [2.24, 2.45) is 0 Å². The lowest BCUT2D eigenvalue weighted by molar-refractivity contribution is 0.317. The van der Waals surface area contributed by atoms with Gasteiger partial charge in [0, 0.05) is 6.66 Å². The second-order valence-corrected chi connectivity index (χ2v) is 8.22. The summed E-state index contributed by atoms with van der Waals surface area (Å²) in [4.78, 5) is 17.9. The van der Waals surface area contributed by atoms with Crippen molar-refractivity contribution in [1.29, 1.82) is 0 Å². The van der Waals surface area contributed by atoms with E-state index in [2.05, 4.69) is 4.31 Å². The number of rotatable bonds is 2. The van der Waals surface area contributed by atoms with Gasteiger partial charge in [0.05, 0.1) is 5.16 Å². The molecule has 12 heavy (non-hydrogen) atoms. The second-order valence-electron chi connectivity index (χ2n) is 3.58. The predicted molar refractivity (Wildman–Crippen MR) is 46.4 cm³/mol. The third kappa shape index (κ3) is 3.83. The first-order valence-corrected chi connectivity index (χ1v) is 6.90. The van der Waals surface area contributed by atoms with Crippen molar-refractivity contribution in [3.63, 3.8) is 0 Å². The molecule has 0 fully saturated rings. The van der Waals surface area contributed by atoms with Crippen LogP contribution in [0.15, 0.2) is 0 Å². The van der Waals surface area contributed by atoms with Crippen LogP contribution in [0.5, 0.6) is 0 Å². The molecular formula is C5H14O5P2. The highest BCUT2D eigenvalue weighted by molar-refractivity contribution is 7.66. The lowest BCUT2D eigenvalue weighted by atomic mass is 10.3. The van der Waals surface area contributed by atoms with Gasteiger partial charge < -0.3 is 9.79 Å². The second kappa shape index (κ2) is 3.24. The SMILES string of the molecule is CC(C)(C)P(=O)(O)OP(C)(=O)O. The van der Waals surface area contributed by atoms with Crippen LogP contribution in [0.25, 0.3) is 0 Å². The zero-order valence-electron chi connectivity index (χ0n) is 7.51. The summed E-state index contributed by atoms with van der Waals surface area (Å²) in [5.74, 6) is 0. The molecule has 0 rings (SSSR count). The summed E-state index contributed by atoms with van der Waals surface area (Å²) in [6.45, 7) is 5.26. The fraction of sp³-hybridized carbons (Fsp3) is 1.00. The van der Waals surface area contributed by atoms with Crippen LogP contribution in [-0.2, 0) is 13.4 Å². The van der Waals surface area contributed by atoms with E-state index in [9.17, 15) is 14.0 Å². The standard InChI is InChI=1S/C5H14O5P2/c1-5(2,3)12(8,9)10-11(4,6)7/h1-4H3,(H,6,7)(H,8,9). The van der Waals surface area contributed by atoms with Crippen molar-refractivity contribution < 1.29 is 23.2 Å². The first-order chi connectivity index (χ1) is 4.96. The minimum atomic E-state index is -4.01. The Morgan fingerprint density at radius 1 is 1.17 bits per heavy atom. The summed E-state index contributed by atoms with van der Waals surface area (Å²) in [6.07, 6.45) is 0. The molecule has 0 saturated heterocycles. The summed E-state index contributed by atoms with van der Waals surface area (Å²) in [5, 5.41) is -1.04. The van der Waals surface area contributed by atoms with E-state index in [0.717, 1.165) is 6.66 Å². The fourth-order valence-corrected chi connectivity index (χ4v) is 2.95. The van der Waals surface area contributed by atoms with E-state index in [-0.39, 0.29) is 0 Å². The number of hydrogen-bond donors (Lipinski definition) is 2. The highest BCUT2D eigenvalue weighted by Crippen LogP contribution is 2.64. The summed E-state index contributed by atoms with van der Waals surface area (Å²) in [6, 6.07) is 0. The van der Waals surface area contributed by atoms with Crippen molar-refractivity contribution in [1.82, 2.24) is 0 Å². The summed E-state index contributed by atoms with van der Waals surface area (Å²) in [5.41, 5.74) is 0. The smallest absolute Gasteiger partial charge is 0.324 e. The van der Waals surface area contributed by atoms with Crippen LogP contribution in [0.2, 0.25) is 0 Å². The Morgan fingerprint density at radius 2 is 1.50 bits per heavy atom. The zero-order valence-corrected chi connectivity index (χ0v) is 9.30. The third-order valence-corrected chi connectivity index (χ3v) is 4.90. The van der Waals surface area contributed by atoms with Crippen molar-refractivity contribution in [3.8, 4) is 0 Å². The van der Waals surface area contributed by atoms with E-state index in [1.807, 2.05) is 0 Å². The molecule has 0 aliphatic carbocycles. The molecule has 0 aliphatic heterocycles. The minimum absolute atomic E-state index is 0.877. The van der Waals surface area contributed by atoms with Gasteiger partial charge in [-0.3, -0.25) is 9.13 Å². The molecule has 0 aromatic carbocycles. The molecule has 2 unspecified atom stereocenters. The van der Waals surface area contributed by atoms with Gasteiger partial charge in [0.15, 0.2) is 0 Å². The molecule has 5 nitrogen and oxygen atoms in total. The van der Waals surface area contributed by atoms with Gasteiger partial charge in [-0.15, -0.1) is 0 Å². The number of hydrogen-bond acceptors (Lipinski definition) is 3. The molecule has 74 valence electrons. The quantitative estimate of drug-likeness (QED) is 0.687. The lowest BCUT2D eigenvalue weighted by Gasteiger charge is -2.25. The average molecular weight is 216 g/mol. The third-order valence-electron chi connectivity index (χ3n) is 1.11. The topological polar surface area (TPSA) is 83.8 Å². The van der Waals surface area contributed by atoms with Crippen molar-refractivity contribution in [2.75, 3.05) is 6.66 Å². The van der Waals surface area contributed by atoms with Gasteiger partial charge in [0.25, 0.3) is 0 Å². The van der Waals surface area contributed by atoms with Gasteiger partial charge in [-0.05, 0) is 20.8 Å². The molecular weight excluding hydrogens is 202 g/mol. The van der Waals surface area contributed by atoms with E-state index in [1.54, 1.807) is 0 Å². The molecule has 0 aromatic heterocycles. The highest BCUT2D eigenvalue weighted by atomic mass is 31.3. The van der Waals surface area contributed by atoms with Gasteiger partial charge in [-0.1, -0.05) is 0 Å². The van der Waals surface area contributed by atoms with Crippen LogP contribution in [0.3, 0.4) is 0 Å². The molecule has 0 bridgehead atoms. The van der Waals surface area contributed by atoms with Gasteiger partial charge in [-0.2, -0.15) is 0 Å². The maximum Gasteiger partial charge on any atom is 0.340 e. The monoisotopic (exact) mass is 216 g/mol. The molecule has 0 aliphatic rings. The molecule has 0 aromatic rings. The van der Waals surface area contributed by atoms with Crippen LogP contribution < -0.4 is 0 Å². The first kappa shape index (κ1) is 12.3. The van der Waals surface area contributed by atoms with Crippen LogP contribution >= 0.6 is 15.2 Å². The zero-order chi connectivity index (χ0) is 10.2. The maximum absolute atomic E-state index is 11.3. The van der Waals surface area contributed by atoms with E-state index < -0.39 is 20.3 Å². The van der Waals surface area contributed by atoms with Crippen molar-refractivity contribution in [3.05, 3.63) is 0 Å². The molecule has 0 heterocycles. The van der Waals surface area contributed by atoms with Gasteiger partial charge in [0.1, 0.15) is 0 Å². The fourth-order valence-electron chi connectivity index (χ4n) is 0.328. The van der Waals surface area contributed by atoms with E-state index in [4.69, 9.17) is 4.89 Å². The van der Waals surface area contributed by atoms with Crippen LogP contribution in [0.4, 0.5) is 0 Å². The van der Waals surface area contributed by atoms with Gasteiger partial charge in [0.2, 0.25) is 0 Å².